The number of aromatic nitrogens is 2. The third-order valence-electron chi connectivity index (χ3n) is 7.19. The largest absolute Gasteiger partial charge is 0.494 e. The van der Waals surface area contributed by atoms with E-state index in [0.29, 0.717) is 29.9 Å². The highest BCUT2D eigenvalue weighted by Crippen LogP contribution is 2.38. The summed E-state index contributed by atoms with van der Waals surface area (Å²) in [7, 11) is 0. The van der Waals surface area contributed by atoms with E-state index in [1.54, 1.807) is 18.3 Å². The number of rotatable bonds is 12. The van der Waals surface area contributed by atoms with Gasteiger partial charge in [-0.1, -0.05) is 39.8 Å². The second-order valence-corrected chi connectivity index (χ2v) is 11.4. The summed E-state index contributed by atoms with van der Waals surface area (Å²) >= 11 is 5.81. The van der Waals surface area contributed by atoms with E-state index in [1.165, 1.54) is 4.90 Å². The molecule has 2 aromatic heterocycles. The molecule has 0 spiro atoms. The van der Waals surface area contributed by atoms with Gasteiger partial charge in [0.05, 0.1) is 12.7 Å². The lowest BCUT2D eigenvalue weighted by Gasteiger charge is -2.26. The van der Waals surface area contributed by atoms with Crippen LogP contribution in [0, 0.1) is 11.3 Å². The highest BCUT2D eigenvalue weighted by molar-refractivity contribution is 6.17. The number of ether oxygens (including phenoxy) is 1. The molecule has 0 saturated carbocycles. The zero-order valence-electron chi connectivity index (χ0n) is 25.1. The van der Waals surface area contributed by atoms with Crippen molar-refractivity contribution in [1.29, 1.82) is 5.26 Å². The van der Waals surface area contributed by atoms with Crippen molar-refractivity contribution in [3.63, 3.8) is 0 Å². The van der Waals surface area contributed by atoms with E-state index in [4.69, 9.17) is 21.6 Å². The van der Waals surface area contributed by atoms with Crippen LogP contribution >= 0.6 is 11.6 Å². The van der Waals surface area contributed by atoms with Crippen LogP contribution in [0.4, 0.5) is 16.2 Å². The Labute approximate surface area is 257 Å². The second-order valence-electron chi connectivity index (χ2n) is 11.0. The summed E-state index contributed by atoms with van der Waals surface area (Å²) in [6, 6.07) is 19.2. The molecule has 0 saturated heterocycles. The zero-order valence-corrected chi connectivity index (χ0v) is 25.9. The molecule has 0 fully saturated rings. The molecule has 0 aliphatic rings. The predicted octanol–water partition coefficient (Wildman–Crippen LogP) is 8.19. The van der Waals surface area contributed by atoms with Gasteiger partial charge in [0.25, 0.3) is 5.56 Å². The van der Waals surface area contributed by atoms with Gasteiger partial charge in [-0.2, -0.15) is 5.26 Å². The molecular formula is C34H38ClN5O3. The lowest BCUT2D eigenvalue weighted by atomic mass is 9.88. The fourth-order valence-electron chi connectivity index (χ4n) is 4.97. The number of hydrogen-bond donors (Lipinski definition) is 2. The van der Waals surface area contributed by atoms with Gasteiger partial charge in [0.2, 0.25) is 0 Å². The molecule has 2 N–H and O–H groups in total. The van der Waals surface area contributed by atoms with Crippen LogP contribution in [0.3, 0.4) is 0 Å². The molecule has 2 heterocycles. The number of halogens is 1. The topological polar surface area (TPSA) is 111 Å². The number of nitrogens with zero attached hydrogens (tertiary/aromatic N) is 3. The number of unbranched alkanes of at least 4 members (excludes halogenated alkanes) is 1. The summed E-state index contributed by atoms with van der Waals surface area (Å²) in [5.41, 5.74) is 4.97. The number of nitriles is 1. The first kappa shape index (κ1) is 31.6. The van der Waals surface area contributed by atoms with E-state index in [9.17, 15) is 9.59 Å². The molecule has 9 heteroatoms. The molecule has 0 aliphatic heterocycles. The smallest absolute Gasteiger partial charge is 0.326 e. The Bertz CT molecular complexity index is 1650. The number of pyridine rings is 2. The molecule has 2 aromatic carbocycles. The van der Waals surface area contributed by atoms with Gasteiger partial charge in [-0.05, 0) is 89.4 Å². The van der Waals surface area contributed by atoms with Crippen molar-refractivity contribution in [3.05, 3.63) is 82.3 Å². The number of urea groups is 1. The number of alkyl halides is 1. The van der Waals surface area contributed by atoms with Crippen LogP contribution in [0.5, 0.6) is 5.75 Å². The minimum atomic E-state index is -0.432. The van der Waals surface area contributed by atoms with Gasteiger partial charge < -0.3 is 15.0 Å². The number of aromatic amines is 1. The summed E-state index contributed by atoms with van der Waals surface area (Å²) in [5, 5.41) is 13.0. The number of H-pyrrole nitrogens is 1. The van der Waals surface area contributed by atoms with Crippen molar-refractivity contribution in [3.8, 4) is 22.9 Å². The number of anilines is 2. The van der Waals surface area contributed by atoms with Crippen LogP contribution in [0.15, 0.2) is 65.6 Å². The highest BCUT2D eigenvalue weighted by Gasteiger charge is 2.24. The minimum absolute atomic E-state index is 0.0955. The lowest BCUT2D eigenvalue weighted by molar-refractivity contribution is 0.256. The second kappa shape index (κ2) is 14.7. The summed E-state index contributed by atoms with van der Waals surface area (Å²) in [6.45, 7) is 9.13. The summed E-state index contributed by atoms with van der Waals surface area (Å²) in [5.74, 6) is 1.52. The molecule has 8 nitrogen and oxygen atoms in total. The summed E-state index contributed by atoms with van der Waals surface area (Å²) in [4.78, 5) is 35.6. The van der Waals surface area contributed by atoms with Gasteiger partial charge in [0, 0.05) is 36.1 Å². The van der Waals surface area contributed by atoms with E-state index in [0.717, 1.165) is 40.1 Å². The Morgan fingerprint density at radius 2 is 1.79 bits per heavy atom. The molecule has 0 aliphatic carbocycles. The van der Waals surface area contributed by atoms with Crippen LogP contribution in [0.2, 0.25) is 0 Å². The predicted molar refractivity (Wildman–Crippen MR) is 174 cm³/mol. The Morgan fingerprint density at radius 3 is 2.47 bits per heavy atom. The van der Waals surface area contributed by atoms with Gasteiger partial charge in [-0.25, -0.2) is 9.78 Å². The SMILES string of the molecule is CC(C)c1cc(-c2cccc(OCCCCl)c2)cc(C(C)C)c1NC(=O)N(CCCC#N)c1cc2cccnc2[nH]c1=O. The molecule has 0 atom stereocenters. The van der Waals surface area contributed by atoms with Crippen LogP contribution in [0.1, 0.15) is 69.9 Å². The van der Waals surface area contributed by atoms with Gasteiger partial charge >= 0.3 is 6.03 Å². The highest BCUT2D eigenvalue weighted by atomic mass is 35.5. The Hall–Kier alpha value is -4.35. The number of carbonyl (C=O) groups excluding carboxylic acids is 1. The molecule has 4 aromatic rings. The van der Waals surface area contributed by atoms with E-state index in [-0.39, 0.29) is 30.5 Å². The van der Waals surface area contributed by atoms with Crippen LogP contribution in [-0.2, 0) is 0 Å². The Balaban J connectivity index is 1.75. The monoisotopic (exact) mass is 599 g/mol. The molecule has 0 unspecified atom stereocenters. The van der Waals surface area contributed by atoms with E-state index in [2.05, 4.69) is 61.2 Å². The molecule has 0 bridgehead atoms. The quantitative estimate of drug-likeness (QED) is 0.126. The lowest BCUT2D eigenvalue weighted by Crippen LogP contribution is -2.39. The summed E-state index contributed by atoms with van der Waals surface area (Å²) < 4.78 is 5.89. The van der Waals surface area contributed by atoms with E-state index >= 15 is 0 Å². The van der Waals surface area contributed by atoms with Gasteiger partial charge in [0.1, 0.15) is 17.1 Å². The van der Waals surface area contributed by atoms with Crippen molar-refractivity contribution in [2.24, 2.45) is 0 Å². The van der Waals surface area contributed by atoms with E-state index in [1.807, 2.05) is 30.3 Å². The normalized spacial score (nSPS) is 11.1. The number of nitrogens with one attached hydrogen (secondary N) is 2. The van der Waals surface area contributed by atoms with Gasteiger partial charge in [-0.3, -0.25) is 9.69 Å². The first-order valence-electron chi connectivity index (χ1n) is 14.6. The molecule has 224 valence electrons. The first-order valence-corrected chi connectivity index (χ1v) is 15.2. The van der Waals surface area contributed by atoms with Crippen molar-refractivity contribution in [2.45, 2.75) is 58.8 Å². The third kappa shape index (κ3) is 7.74. The number of fused-ring (bicyclic) bond motifs is 1. The van der Waals surface area contributed by atoms with Crippen LogP contribution in [0.25, 0.3) is 22.2 Å². The van der Waals surface area contributed by atoms with Crippen LogP contribution in [-0.4, -0.2) is 35.0 Å². The molecule has 4 rings (SSSR count). The maximum atomic E-state index is 14.0. The Morgan fingerprint density at radius 1 is 1.05 bits per heavy atom. The standard InChI is InChI=1S/C34H38ClN5O3/c1-22(2)28-19-26(24-10-7-12-27(18-24)43-17-9-13-35)20-29(23(3)4)31(28)38-34(42)40(16-6-5-14-36)30-21-25-11-8-15-37-32(25)39-33(30)41/h7-8,10-12,15,18-23H,5-6,9,13,16-17H2,1-4H3,(H,38,42)(H,37,39,41). The average Bonchev–Trinajstić information content (AvgIpc) is 2.99. The summed E-state index contributed by atoms with van der Waals surface area (Å²) in [6.07, 6.45) is 3.05. The van der Waals surface area contributed by atoms with Crippen molar-refractivity contribution < 1.29 is 9.53 Å². The van der Waals surface area contributed by atoms with E-state index < -0.39 is 11.6 Å². The number of hydrogen-bond acceptors (Lipinski definition) is 5. The molecule has 0 radical (unpaired) electrons. The third-order valence-corrected chi connectivity index (χ3v) is 7.46. The minimum Gasteiger partial charge on any atom is -0.494 e. The number of carbonyl (C=O) groups is 1. The van der Waals surface area contributed by atoms with Crippen molar-refractivity contribution >= 4 is 40.0 Å². The molecule has 43 heavy (non-hydrogen) atoms. The fraction of sp³-hybridized carbons (Fsp3) is 0.353. The van der Waals surface area contributed by atoms with Gasteiger partial charge in [0.15, 0.2) is 0 Å². The number of benzene rings is 2. The van der Waals surface area contributed by atoms with Crippen LogP contribution < -0.4 is 20.5 Å². The zero-order chi connectivity index (χ0) is 30.9. The number of amides is 2. The van der Waals surface area contributed by atoms with Crippen molar-refractivity contribution in [1.82, 2.24) is 9.97 Å². The van der Waals surface area contributed by atoms with Crippen molar-refractivity contribution in [2.75, 3.05) is 29.2 Å². The Kier molecular flexibility index (Phi) is 10.8. The van der Waals surface area contributed by atoms with Gasteiger partial charge in [-0.15, -0.1) is 11.6 Å². The molecular weight excluding hydrogens is 562 g/mol. The maximum absolute atomic E-state index is 14.0. The fourth-order valence-corrected chi connectivity index (χ4v) is 5.07. The molecule has 2 amide bonds. The first-order chi connectivity index (χ1) is 20.7. The maximum Gasteiger partial charge on any atom is 0.326 e. The average molecular weight is 600 g/mol.